The van der Waals surface area contributed by atoms with Crippen molar-refractivity contribution in [2.75, 3.05) is 20.3 Å². The lowest BCUT2D eigenvalue weighted by atomic mass is 10.2. The highest BCUT2D eigenvalue weighted by Gasteiger charge is 2.16. The number of methoxy groups -OCH3 is 1. The summed E-state index contributed by atoms with van der Waals surface area (Å²) < 4.78 is 16.5. The molecule has 0 saturated heterocycles. The van der Waals surface area contributed by atoms with Crippen LogP contribution in [-0.2, 0) is 6.42 Å². The van der Waals surface area contributed by atoms with Crippen LogP contribution in [0.2, 0.25) is 0 Å². The van der Waals surface area contributed by atoms with E-state index in [1.807, 2.05) is 55.5 Å². The summed E-state index contributed by atoms with van der Waals surface area (Å²) in [6.45, 7) is 2.70. The van der Waals surface area contributed by atoms with Gasteiger partial charge in [0, 0.05) is 11.6 Å². The fraction of sp³-hybridized carbons (Fsp3) is 0.238. The molecule has 1 heterocycles. The van der Waals surface area contributed by atoms with Crippen molar-refractivity contribution in [3.63, 3.8) is 0 Å². The maximum atomic E-state index is 11.3. The van der Waals surface area contributed by atoms with Crippen molar-refractivity contribution in [2.45, 2.75) is 13.3 Å². The van der Waals surface area contributed by atoms with Crippen LogP contribution in [0.1, 0.15) is 22.3 Å². The Morgan fingerprint density at radius 2 is 1.71 bits per heavy atom. The third kappa shape index (κ3) is 4.80. The lowest BCUT2D eigenvalue weighted by Gasteiger charge is -2.09. The third-order valence-electron chi connectivity index (χ3n) is 3.99. The second kappa shape index (κ2) is 9.23. The summed E-state index contributed by atoms with van der Waals surface area (Å²) in [5.74, 6) is 1.25. The van der Waals surface area contributed by atoms with Gasteiger partial charge in [-0.1, -0.05) is 13.0 Å². The number of rotatable bonds is 9. The van der Waals surface area contributed by atoms with Crippen molar-refractivity contribution < 1.29 is 24.1 Å². The fourth-order valence-corrected chi connectivity index (χ4v) is 3.58. The Bertz CT molecular complexity index is 936. The molecule has 7 heteroatoms. The first-order valence-electron chi connectivity index (χ1n) is 8.83. The van der Waals surface area contributed by atoms with Crippen molar-refractivity contribution >= 4 is 17.3 Å². The predicted molar refractivity (Wildman–Crippen MR) is 108 cm³/mol. The van der Waals surface area contributed by atoms with E-state index in [1.54, 1.807) is 7.11 Å². The maximum Gasteiger partial charge on any atom is 0.347 e. The van der Waals surface area contributed by atoms with E-state index >= 15 is 0 Å². The number of hydrogen-bond acceptors (Lipinski definition) is 6. The first-order valence-corrected chi connectivity index (χ1v) is 9.65. The fourth-order valence-electron chi connectivity index (χ4n) is 2.59. The maximum absolute atomic E-state index is 11.3. The van der Waals surface area contributed by atoms with E-state index < -0.39 is 5.97 Å². The van der Waals surface area contributed by atoms with E-state index in [-0.39, 0.29) is 0 Å². The minimum absolute atomic E-state index is 0.299. The highest BCUT2D eigenvalue weighted by atomic mass is 32.1. The lowest BCUT2D eigenvalue weighted by Crippen LogP contribution is -2.08. The Balaban J connectivity index is 1.55. The number of thiazole rings is 1. The van der Waals surface area contributed by atoms with Crippen LogP contribution in [0.15, 0.2) is 48.5 Å². The molecule has 0 radical (unpaired) electrons. The van der Waals surface area contributed by atoms with Crippen LogP contribution < -0.4 is 14.2 Å². The largest absolute Gasteiger partial charge is 0.497 e. The van der Waals surface area contributed by atoms with Gasteiger partial charge in [0.25, 0.3) is 0 Å². The smallest absolute Gasteiger partial charge is 0.347 e. The van der Waals surface area contributed by atoms with Gasteiger partial charge in [-0.2, -0.15) is 0 Å². The zero-order valence-corrected chi connectivity index (χ0v) is 16.5. The van der Waals surface area contributed by atoms with Gasteiger partial charge in [0.15, 0.2) is 0 Å². The number of aromatic nitrogens is 1. The van der Waals surface area contributed by atoms with Crippen molar-refractivity contribution in [3.05, 3.63) is 59.1 Å². The average Bonchev–Trinajstić information content (AvgIpc) is 3.17. The Morgan fingerprint density at radius 1 is 1.04 bits per heavy atom. The van der Waals surface area contributed by atoms with Gasteiger partial charge in [0.2, 0.25) is 0 Å². The van der Waals surface area contributed by atoms with Crippen molar-refractivity contribution in [3.8, 4) is 27.8 Å². The standard InChI is InChI=1S/C21H21NO5S/c1-3-18-19(21(23)24)28-20(22-18)14-7-9-15(10-8-14)26-11-12-27-17-6-4-5-16(13-17)25-2/h4-10,13H,3,11-12H2,1-2H3,(H,23,24). The molecule has 28 heavy (non-hydrogen) atoms. The summed E-state index contributed by atoms with van der Waals surface area (Å²) in [6.07, 6.45) is 0.590. The van der Waals surface area contributed by atoms with Gasteiger partial charge in [-0.3, -0.25) is 0 Å². The van der Waals surface area contributed by atoms with E-state index in [4.69, 9.17) is 14.2 Å². The van der Waals surface area contributed by atoms with E-state index in [0.717, 1.165) is 17.1 Å². The Morgan fingerprint density at radius 3 is 2.32 bits per heavy atom. The zero-order valence-electron chi connectivity index (χ0n) is 15.7. The first kappa shape index (κ1) is 19.7. The highest BCUT2D eigenvalue weighted by Crippen LogP contribution is 2.29. The number of carbonyl (C=O) groups is 1. The van der Waals surface area contributed by atoms with Gasteiger partial charge in [0.05, 0.1) is 12.8 Å². The molecule has 1 N–H and O–H groups in total. The zero-order chi connectivity index (χ0) is 19.9. The molecule has 0 saturated carbocycles. The van der Waals surface area contributed by atoms with E-state index in [1.165, 1.54) is 11.3 Å². The second-order valence-electron chi connectivity index (χ2n) is 5.85. The molecule has 3 aromatic rings. The van der Waals surface area contributed by atoms with E-state index in [9.17, 15) is 9.90 Å². The molecule has 0 bridgehead atoms. The molecule has 0 aliphatic rings. The molecule has 0 aliphatic heterocycles. The molecule has 0 unspecified atom stereocenters. The molecule has 146 valence electrons. The number of aryl methyl sites for hydroxylation is 1. The average molecular weight is 399 g/mol. The molecule has 0 spiro atoms. The molecule has 6 nitrogen and oxygen atoms in total. The summed E-state index contributed by atoms with van der Waals surface area (Å²) in [4.78, 5) is 16.0. The SMILES string of the molecule is CCc1nc(-c2ccc(OCCOc3cccc(OC)c3)cc2)sc1C(=O)O. The molecule has 0 amide bonds. The Hall–Kier alpha value is -3.06. The number of carboxylic acid groups (broad SMARTS) is 1. The van der Waals surface area contributed by atoms with Gasteiger partial charge in [-0.05, 0) is 42.8 Å². The van der Waals surface area contributed by atoms with Crippen LogP contribution in [-0.4, -0.2) is 36.4 Å². The normalized spacial score (nSPS) is 10.5. The van der Waals surface area contributed by atoms with Crippen LogP contribution in [0, 0.1) is 0 Å². The number of ether oxygens (including phenoxy) is 3. The highest BCUT2D eigenvalue weighted by molar-refractivity contribution is 7.17. The minimum atomic E-state index is -0.934. The van der Waals surface area contributed by atoms with Crippen molar-refractivity contribution in [2.24, 2.45) is 0 Å². The number of nitrogens with zero attached hydrogens (tertiary/aromatic N) is 1. The van der Waals surface area contributed by atoms with Gasteiger partial charge < -0.3 is 19.3 Å². The predicted octanol–water partition coefficient (Wildman–Crippen LogP) is 4.54. The molecular formula is C21H21NO5S. The van der Waals surface area contributed by atoms with Crippen LogP contribution in [0.3, 0.4) is 0 Å². The Kier molecular flexibility index (Phi) is 6.49. The minimum Gasteiger partial charge on any atom is -0.497 e. The van der Waals surface area contributed by atoms with Gasteiger partial charge in [0.1, 0.15) is 40.3 Å². The van der Waals surface area contributed by atoms with Crippen molar-refractivity contribution in [1.29, 1.82) is 0 Å². The molecular weight excluding hydrogens is 378 g/mol. The summed E-state index contributed by atoms with van der Waals surface area (Å²) in [5.41, 5.74) is 1.48. The molecule has 1 aromatic heterocycles. The summed E-state index contributed by atoms with van der Waals surface area (Å²) in [6, 6.07) is 14.8. The van der Waals surface area contributed by atoms with Crippen LogP contribution >= 0.6 is 11.3 Å². The number of hydrogen-bond donors (Lipinski definition) is 1. The van der Waals surface area contributed by atoms with E-state index in [0.29, 0.717) is 41.0 Å². The molecule has 3 rings (SSSR count). The molecule has 0 aliphatic carbocycles. The molecule has 0 fully saturated rings. The monoisotopic (exact) mass is 399 g/mol. The lowest BCUT2D eigenvalue weighted by molar-refractivity contribution is 0.0701. The van der Waals surface area contributed by atoms with Crippen LogP contribution in [0.25, 0.3) is 10.6 Å². The third-order valence-corrected chi connectivity index (χ3v) is 5.12. The first-order chi connectivity index (χ1) is 13.6. The van der Waals surface area contributed by atoms with E-state index in [2.05, 4.69) is 4.98 Å². The number of benzene rings is 2. The van der Waals surface area contributed by atoms with Gasteiger partial charge >= 0.3 is 5.97 Å². The van der Waals surface area contributed by atoms with Crippen LogP contribution in [0.5, 0.6) is 17.2 Å². The number of aromatic carboxylic acids is 1. The quantitative estimate of drug-likeness (QED) is 0.533. The summed E-state index contributed by atoms with van der Waals surface area (Å²) in [5, 5.41) is 9.96. The second-order valence-corrected chi connectivity index (χ2v) is 6.85. The van der Waals surface area contributed by atoms with Crippen molar-refractivity contribution in [1.82, 2.24) is 4.98 Å². The van der Waals surface area contributed by atoms with Crippen LogP contribution in [0.4, 0.5) is 0 Å². The van der Waals surface area contributed by atoms with Gasteiger partial charge in [-0.15, -0.1) is 11.3 Å². The topological polar surface area (TPSA) is 77.9 Å². The number of carboxylic acids is 1. The molecule has 0 atom stereocenters. The van der Waals surface area contributed by atoms with Gasteiger partial charge in [-0.25, -0.2) is 9.78 Å². The summed E-state index contributed by atoms with van der Waals surface area (Å²) in [7, 11) is 1.61. The molecule has 2 aromatic carbocycles. The Labute approximate surface area is 167 Å². The summed E-state index contributed by atoms with van der Waals surface area (Å²) >= 11 is 1.19.